The zero-order chi connectivity index (χ0) is 12.0. The van der Waals surface area contributed by atoms with Gasteiger partial charge >= 0.3 is 0 Å². The lowest BCUT2D eigenvalue weighted by molar-refractivity contribution is 0.317. The van der Waals surface area contributed by atoms with Crippen molar-refractivity contribution in [2.24, 2.45) is 10.3 Å². The summed E-state index contributed by atoms with van der Waals surface area (Å²) in [5.41, 5.74) is 0.619. The fourth-order valence-electron chi connectivity index (χ4n) is 1.26. The summed E-state index contributed by atoms with van der Waals surface area (Å²) in [6.45, 7) is 0. The van der Waals surface area contributed by atoms with Crippen molar-refractivity contribution in [1.82, 2.24) is 0 Å². The zero-order valence-electron chi connectivity index (χ0n) is 8.62. The van der Waals surface area contributed by atoms with Gasteiger partial charge in [0.15, 0.2) is 0 Å². The first-order valence-corrected chi connectivity index (χ1v) is 5.65. The van der Waals surface area contributed by atoms with Crippen molar-refractivity contribution in [2.45, 2.75) is 4.87 Å². The molecule has 1 aromatic rings. The Morgan fingerprint density at radius 2 is 2.12 bits per heavy atom. The molecule has 84 valence electrons. The molecule has 1 unspecified atom stereocenters. The van der Waals surface area contributed by atoms with Crippen LogP contribution in [0.25, 0.3) is 0 Å². The van der Waals surface area contributed by atoms with Gasteiger partial charge in [0.2, 0.25) is 4.87 Å². The van der Waals surface area contributed by atoms with Gasteiger partial charge in [0, 0.05) is 11.8 Å². The largest absolute Gasteiger partial charge is 0.411 e. The standard InChI is InChI=1S/C10H11N3O2S/c1-16-10(7-11,13-15)9(12-14)8-5-3-2-4-6-8/h2-7,11,14H,1H3/b11-7?,12-9-. The SMILES string of the molecule is CSC(C=N)(N=O)/C(=N\O)c1ccccc1. The monoisotopic (exact) mass is 237 g/mol. The van der Waals surface area contributed by atoms with Crippen LogP contribution in [0.3, 0.4) is 0 Å². The predicted molar refractivity (Wildman–Crippen MR) is 65.6 cm³/mol. The molecule has 0 radical (unpaired) electrons. The highest BCUT2D eigenvalue weighted by atomic mass is 32.2. The van der Waals surface area contributed by atoms with Gasteiger partial charge in [-0.2, -0.15) is 0 Å². The van der Waals surface area contributed by atoms with Crippen molar-refractivity contribution in [3.05, 3.63) is 40.8 Å². The second kappa shape index (κ2) is 5.41. The molecule has 0 amide bonds. The molecule has 0 saturated heterocycles. The highest BCUT2D eigenvalue weighted by molar-refractivity contribution is 8.01. The molecular formula is C10H11N3O2S. The van der Waals surface area contributed by atoms with Gasteiger partial charge in [-0.25, -0.2) is 0 Å². The molecule has 0 aliphatic heterocycles. The van der Waals surface area contributed by atoms with Crippen LogP contribution in [0.2, 0.25) is 0 Å². The van der Waals surface area contributed by atoms with Crippen LogP contribution >= 0.6 is 11.8 Å². The van der Waals surface area contributed by atoms with Gasteiger partial charge in [-0.3, -0.25) is 0 Å². The molecule has 16 heavy (non-hydrogen) atoms. The van der Waals surface area contributed by atoms with E-state index in [0.717, 1.165) is 18.0 Å². The highest BCUT2D eigenvalue weighted by Crippen LogP contribution is 2.27. The first kappa shape index (κ1) is 12.4. The lowest BCUT2D eigenvalue weighted by atomic mass is 10.0. The topological polar surface area (TPSA) is 85.9 Å². The maximum Gasteiger partial charge on any atom is 0.227 e. The van der Waals surface area contributed by atoms with Crippen LogP contribution in [0, 0.1) is 10.3 Å². The van der Waals surface area contributed by atoms with E-state index < -0.39 is 4.87 Å². The molecule has 5 nitrogen and oxygen atoms in total. The number of rotatable bonds is 5. The van der Waals surface area contributed by atoms with Gasteiger partial charge in [0.05, 0.1) is 0 Å². The molecule has 1 rings (SSSR count). The smallest absolute Gasteiger partial charge is 0.227 e. The molecule has 0 aliphatic carbocycles. The van der Waals surface area contributed by atoms with E-state index in [0.29, 0.717) is 5.56 Å². The van der Waals surface area contributed by atoms with Crippen molar-refractivity contribution in [2.75, 3.05) is 6.26 Å². The van der Waals surface area contributed by atoms with Gasteiger partial charge in [-0.15, -0.1) is 16.7 Å². The van der Waals surface area contributed by atoms with Gasteiger partial charge in [0.25, 0.3) is 0 Å². The molecule has 1 atom stereocenters. The first-order valence-electron chi connectivity index (χ1n) is 4.43. The first-order chi connectivity index (χ1) is 7.74. The summed E-state index contributed by atoms with van der Waals surface area (Å²) in [7, 11) is 0. The molecule has 0 aliphatic rings. The van der Waals surface area contributed by atoms with Gasteiger partial charge < -0.3 is 10.6 Å². The van der Waals surface area contributed by atoms with Gasteiger partial charge in [0.1, 0.15) is 5.71 Å². The molecule has 0 bridgehead atoms. The fraction of sp³-hybridized carbons (Fsp3) is 0.200. The number of nitroso groups, excluding NO2 is 1. The van der Waals surface area contributed by atoms with Crippen LogP contribution in [0.15, 0.2) is 40.7 Å². The van der Waals surface area contributed by atoms with Crippen LogP contribution in [-0.2, 0) is 0 Å². The Kier molecular flexibility index (Phi) is 4.19. The number of oxime groups is 1. The summed E-state index contributed by atoms with van der Waals surface area (Å²) >= 11 is 1.03. The lowest BCUT2D eigenvalue weighted by Crippen LogP contribution is -2.34. The molecule has 0 saturated carbocycles. The number of benzene rings is 1. The number of thioether (sulfide) groups is 1. The van der Waals surface area contributed by atoms with E-state index in [4.69, 9.17) is 10.6 Å². The lowest BCUT2D eigenvalue weighted by Gasteiger charge is -2.19. The van der Waals surface area contributed by atoms with Gasteiger partial charge in [-0.1, -0.05) is 35.5 Å². The zero-order valence-corrected chi connectivity index (χ0v) is 9.44. The summed E-state index contributed by atoms with van der Waals surface area (Å²) in [4.78, 5) is 9.37. The number of nitrogens with zero attached hydrogens (tertiary/aromatic N) is 2. The Hall–Kier alpha value is -1.69. The highest BCUT2D eigenvalue weighted by Gasteiger charge is 2.36. The third-order valence-electron chi connectivity index (χ3n) is 2.13. The van der Waals surface area contributed by atoms with E-state index in [1.165, 1.54) is 0 Å². The Morgan fingerprint density at radius 3 is 2.50 bits per heavy atom. The minimum atomic E-state index is -1.48. The van der Waals surface area contributed by atoms with Crippen molar-refractivity contribution in [3.63, 3.8) is 0 Å². The molecule has 1 aromatic carbocycles. The van der Waals surface area contributed by atoms with E-state index in [1.54, 1.807) is 36.6 Å². The molecule has 0 spiro atoms. The fourth-order valence-corrected chi connectivity index (χ4v) is 1.81. The maximum absolute atomic E-state index is 10.8. The third kappa shape index (κ3) is 2.11. The summed E-state index contributed by atoms with van der Waals surface area (Å²) in [5.74, 6) is 0. The normalized spacial score (nSPS) is 15.2. The van der Waals surface area contributed by atoms with Crippen LogP contribution in [-0.4, -0.2) is 28.3 Å². The average molecular weight is 237 g/mol. The van der Waals surface area contributed by atoms with E-state index in [2.05, 4.69) is 10.3 Å². The molecule has 0 aromatic heterocycles. The Bertz CT molecular complexity index is 398. The van der Waals surface area contributed by atoms with Gasteiger partial charge in [-0.05, 0) is 11.4 Å². The summed E-state index contributed by atoms with van der Waals surface area (Å²) in [6, 6.07) is 8.68. The van der Waals surface area contributed by atoms with Crippen LogP contribution in [0.1, 0.15) is 5.56 Å². The number of nitrogens with one attached hydrogen (secondary N) is 1. The third-order valence-corrected chi connectivity index (χ3v) is 3.14. The van der Waals surface area contributed by atoms with Crippen LogP contribution in [0.5, 0.6) is 0 Å². The summed E-state index contributed by atoms with van der Waals surface area (Å²) in [5, 5.41) is 22.2. The molecule has 2 N–H and O–H groups in total. The molecule has 0 fully saturated rings. The number of hydrogen-bond acceptors (Lipinski definition) is 6. The predicted octanol–water partition coefficient (Wildman–Crippen LogP) is 2.34. The molecular weight excluding hydrogens is 226 g/mol. The van der Waals surface area contributed by atoms with E-state index in [9.17, 15) is 4.91 Å². The maximum atomic E-state index is 10.8. The summed E-state index contributed by atoms with van der Waals surface area (Å²) < 4.78 is 0. The molecule has 0 heterocycles. The van der Waals surface area contributed by atoms with E-state index in [-0.39, 0.29) is 5.71 Å². The van der Waals surface area contributed by atoms with Crippen molar-refractivity contribution >= 4 is 23.7 Å². The second-order valence-electron chi connectivity index (χ2n) is 2.95. The Morgan fingerprint density at radius 1 is 1.50 bits per heavy atom. The average Bonchev–Trinajstić information content (AvgIpc) is 2.37. The van der Waals surface area contributed by atoms with Crippen molar-refractivity contribution < 1.29 is 5.21 Å². The Balaban J connectivity index is 3.27. The number of hydrogen-bond donors (Lipinski definition) is 2. The summed E-state index contributed by atoms with van der Waals surface area (Å²) in [6.07, 6.45) is 2.49. The van der Waals surface area contributed by atoms with E-state index in [1.807, 2.05) is 0 Å². The van der Waals surface area contributed by atoms with Crippen LogP contribution < -0.4 is 0 Å². The van der Waals surface area contributed by atoms with Crippen molar-refractivity contribution in [1.29, 1.82) is 5.41 Å². The minimum absolute atomic E-state index is 0.0607. The van der Waals surface area contributed by atoms with Crippen LogP contribution in [0.4, 0.5) is 0 Å². The second-order valence-corrected chi connectivity index (χ2v) is 3.98. The minimum Gasteiger partial charge on any atom is -0.411 e. The van der Waals surface area contributed by atoms with E-state index >= 15 is 0 Å². The van der Waals surface area contributed by atoms with Crippen molar-refractivity contribution in [3.8, 4) is 0 Å². The Labute approximate surface area is 97.0 Å². The quantitative estimate of drug-likeness (QED) is 0.356. The molecule has 6 heteroatoms.